The first-order chi connectivity index (χ1) is 63.4. The molecule has 0 unspecified atom stereocenters. The van der Waals surface area contributed by atoms with Crippen molar-refractivity contribution in [3.05, 3.63) is 449 Å². The summed E-state index contributed by atoms with van der Waals surface area (Å²) < 4.78 is 38.5. The molecule has 0 radical (unpaired) electrons. The summed E-state index contributed by atoms with van der Waals surface area (Å²) >= 11 is 0. The normalized spacial score (nSPS) is 11.8. The van der Waals surface area contributed by atoms with E-state index in [1.165, 1.54) is 11.1 Å². The maximum absolute atomic E-state index is 6.44. The Morgan fingerprint density at radius 2 is 0.242 bits per heavy atom. The zero-order valence-corrected chi connectivity index (χ0v) is 69.1. The molecule has 0 N–H and O–H groups in total. The van der Waals surface area contributed by atoms with Crippen molar-refractivity contribution in [1.29, 1.82) is 0 Å². The average Bonchev–Trinajstić information content (AvgIpc) is 1.39. The number of hydrogen-bond donors (Lipinski definition) is 0. The fourth-order valence-electron chi connectivity index (χ4n) is 19.2. The number of benzene rings is 20. The van der Waals surface area contributed by atoms with Crippen molar-refractivity contribution in [1.82, 2.24) is 0 Å². The van der Waals surface area contributed by atoms with E-state index in [0.717, 1.165) is 244 Å². The number of fused-ring (bicyclic) bond motifs is 18. The molecule has 8 nitrogen and oxygen atoms in total. The quantitative estimate of drug-likeness (QED) is 0.106. The number of anilines is 6. The van der Waals surface area contributed by atoms with Gasteiger partial charge < -0.3 is 36.3 Å². The van der Waals surface area contributed by atoms with Gasteiger partial charge in [0.15, 0.2) is 0 Å². The highest BCUT2D eigenvalue weighted by molar-refractivity contribution is 6.15. The van der Waals surface area contributed by atoms with Crippen molar-refractivity contribution in [3.63, 3.8) is 0 Å². The predicted molar refractivity (Wildman–Crippen MR) is 529 cm³/mol. The van der Waals surface area contributed by atoms with E-state index in [0.29, 0.717) is 0 Å². The largest absolute Gasteiger partial charge is 0.455 e. The van der Waals surface area contributed by atoms with Crippen LogP contribution in [0.1, 0.15) is 0 Å². The number of para-hydroxylation sites is 12. The topological polar surface area (TPSA) is 85.3 Å². The molecule has 8 heteroatoms. The Morgan fingerprint density at radius 1 is 0.109 bits per heavy atom. The molecule has 128 heavy (non-hydrogen) atoms. The highest BCUT2D eigenvalue weighted by Crippen LogP contribution is 2.48. The highest BCUT2D eigenvalue weighted by atomic mass is 16.3. The molecule has 0 spiro atoms. The Labute approximate surface area is 735 Å². The lowest BCUT2D eigenvalue weighted by Crippen LogP contribution is -2.09. The van der Waals surface area contributed by atoms with Crippen molar-refractivity contribution in [3.8, 4) is 89.0 Å². The lowest BCUT2D eigenvalue weighted by atomic mass is 9.97. The first kappa shape index (κ1) is 73.5. The molecule has 6 heterocycles. The number of rotatable bonds is 14. The zero-order chi connectivity index (χ0) is 84.3. The van der Waals surface area contributed by atoms with Gasteiger partial charge in [0.25, 0.3) is 0 Å². The van der Waals surface area contributed by atoms with Gasteiger partial charge in [0.1, 0.15) is 67.0 Å². The zero-order valence-electron chi connectivity index (χ0n) is 69.1. The second-order valence-corrected chi connectivity index (χ2v) is 32.8. The van der Waals surface area contributed by atoms with E-state index in [2.05, 4.69) is 386 Å². The summed E-state index contributed by atoms with van der Waals surface area (Å²) in [7, 11) is 0. The molecule has 0 amide bonds. The first-order valence-corrected chi connectivity index (χ1v) is 43.3. The SMILES string of the molecule is c1ccc2c(c1)oc1c(-c3ccc(-c4ccc(-c5ccc(N(c6ccc(-c7cccc8c7oc7ccccc78)cc6)c6ccc(-c7cccc8c7oc7ccccc78)cc6)cc5)cc4)cc3)cccc12.c1ccc2c(c1)oc1c(-c3ccc(N(c4ccc(-c5cccc6c5oc5ccccc56)cc4)c4ccc(-c5cccc6c5oc5ccccc56)cc4)cc3)cccc12. The van der Waals surface area contributed by atoms with Gasteiger partial charge >= 0.3 is 0 Å². The molecule has 0 saturated heterocycles. The maximum atomic E-state index is 6.44. The lowest BCUT2D eigenvalue weighted by molar-refractivity contribution is 0.669. The summed E-state index contributed by atoms with van der Waals surface area (Å²) in [5.41, 5.74) is 34.8. The standard InChI is InChI=1S/C66H41NO3.C54H33NO3/c1-4-19-61-55(10-1)58-16-7-13-52(64(58)68-61)46-28-26-44(27-29-46)42-22-24-43(25-23-42)45-30-36-49(37-31-45)67(50-38-32-47(33-39-50)53-14-8-17-59-56-11-2-5-20-62(56)69-65(53)59)51-40-34-48(35-41-51)54-15-9-18-60-57-12-3-6-21-63(57)70-66(54)60;1-4-19-49-43(10-1)46-16-7-13-40(52(46)56-49)34-22-28-37(29-23-34)55(38-30-24-35(25-31-38)41-14-8-17-47-44-11-2-5-20-50(44)57-53(41)47)39-32-26-36(27-33-39)42-15-9-18-48-45-12-3-6-21-51(45)58-54(42)48/h1-41H;1-33H. The molecule has 0 aliphatic rings. The van der Waals surface area contributed by atoms with Crippen LogP contribution in [0.4, 0.5) is 34.1 Å². The Morgan fingerprint density at radius 3 is 0.414 bits per heavy atom. The van der Waals surface area contributed by atoms with Gasteiger partial charge in [-0.3, -0.25) is 0 Å². The molecule has 0 bridgehead atoms. The Balaban J connectivity index is 0.000000141. The van der Waals surface area contributed by atoms with E-state index in [9.17, 15) is 0 Å². The minimum Gasteiger partial charge on any atom is -0.455 e. The van der Waals surface area contributed by atoms with Crippen LogP contribution >= 0.6 is 0 Å². The molecule has 0 fully saturated rings. The monoisotopic (exact) mass is 1640 g/mol. The third-order valence-corrected chi connectivity index (χ3v) is 25.5. The van der Waals surface area contributed by atoms with Crippen molar-refractivity contribution < 1.29 is 26.5 Å². The van der Waals surface area contributed by atoms with Crippen LogP contribution in [-0.2, 0) is 0 Å². The van der Waals surface area contributed by atoms with Crippen molar-refractivity contribution >= 4 is 166 Å². The second kappa shape index (κ2) is 30.4. The van der Waals surface area contributed by atoms with Crippen LogP contribution in [0.25, 0.3) is 221 Å². The van der Waals surface area contributed by atoms with Gasteiger partial charge in [-0.25, -0.2) is 0 Å². The smallest absolute Gasteiger partial charge is 0.143 e. The Bertz CT molecular complexity index is 8240. The molecular weight excluding hydrogens is 1570 g/mol. The molecule has 6 aromatic heterocycles. The molecule has 0 aliphatic carbocycles. The van der Waals surface area contributed by atoms with Gasteiger partial charge in [-0.2, -0.15) is 0 Å². The third kappa shape index (κ3) is 12.6. The van der Waals surface area contributed by atoms with Crippen molar-refractivity contribution in [2.75, 3.05) is 9.80 Å². The van der Waals surface area contributed by atoms with Gasteiger partial charge in [-0.05, 0) is 165 Å². The summed E-state index contributed by atoms with van der Waals surface area (Å²) in [6, 6.07) is 158. The van der Waals surface area contributed by atoms with E-state index in [-0.39, 0.29) is 0 Å². The van der Waals surface area contributed by atoms with Crippen molar-refractivity contribution in [2.24, 2.45) is 0 Å². The molecule has 600 valence electrons. The first-order valence-electron chi connectivity index (χ1n) is 43.3. The molecule has 26 rings (SSSR count). The predicted octanol–water partition coefficient (Wildman–Crippen LogP) is 35.0. The van der Waals surface area contributed by atoms with E-state index < -0.39 is 0 Å². The van der Waals surface area contributed by atoms with E-state index in [1.807, 2.05) is 72.8 Å². The summed E-state index contributed by atoms with van der Waals surface area (Å²) in [5.74, 6) is 0. The fourth-order valence-corrected chi connectivity index (χ4v) is 19.2. The molecule has 0 saturated carbocycles. The Kier molecular flexibility index (Phi) is 17.5. The van der Waals surface area contributed by atoms with Crippen LogP contribution in [0.3, 0.4) is 0 Å². The van der Waals surface area contributed by atoms with Gasteiger partial charge in [0.2, 0.25) is 0 Å². The van der Waals surface area contributed by atoms with Crippen LogP contribution in [0.15, 0.2) is 475 Å². The number of hydrogen-bond acceptors (Lipinski definition) is 8. The van der Waals surface area contributed by atoms with Crippen molar-refractivity contribution in [2.45, 2.75) is 0 Å². The minimum atomic E-state index is 0.895. The second-order valence-electron chi connectivity index (χ2n) is 32.8. The molecular formula is C120H74N2O6. The van der Waals surface area contributed by atoms with Crippen LogP contribution < -0.4 is 9.80 Å². The summed E-state index contributed by atoms with van der Waals surface area (Å²) in [6.07, 6.45) is 0. The third-order valence-electron chi connectivity index (χ3n) is 25.5. The van der Waals surface area contributed by atoms with Gasteiger partial charge in [0.05, 0.1) is 0 Å². The van der Waals surface area contributed by atoms with E-state index in [1.54, 1.807) is 0 Å². The van der Waals surface area contributed by atoms with E-state index in [4.69, 9.17) is 26.5 Å². The summed E-state index contributed by atoms with van der Waals surface area (Å²) in [6.45, 7) is 0. The molecule has 0 aliphatic heterocycles. The summed E-state index contributed by atoms with van der Waals surface area (Å²) in [4.78, 5) is 4.63. The van der Waals surface area contributed by atoms with Gasteiger partial charge in [0, 0.05) is 132 Å². The average molecular weight is 1640 g/mol. The van der Waals surface area contributed by atoms with Gasteiger partial charge in [-0.1, -0.05) is 340 Å². The van der Waals surface area contributed by atoms with Crippen LogP contribution in [-0.4, -0.2) is 0 Å². The lowest BCUT2D eigenvalue weighted by Gasteiger charge is -2.26. The fraction of sp³-hybridized carbons (Fsp3) is 0. The van der Waals surface area contributed by atoms with Crippen LogP contribution in [0.5, 0.6) is 0 Å². The number of nitrogens with zero attached hydrogens (tertiary/aromatic N) is 2. The maximum Gasteiger partial charge on any atom is 0.143 e. The molecule has 26 aromatic rings. The summed E-state index contributed by atoms with van der Waals surface area (Å²) in [5, 5.41) is 13.5. The van der Waals surface area contributed by atoms with Gasteiger partial charge in [-0.15, -0.1) is 0 Å². The molecule has 0 atom stereocenters. The number of furan rings is 6. The van der Waals surface area contributed by atoms with Crippen LogP contribution in [0.2, 0.25) is 0 Å². The van der Waals surface area contributed by atoms with E-state index >= 15 is 0 Å². The highest BCUT2D eigenvalue weighted by Gasteiger charge is 2.24. The molecule has 20 aromatic carbocycles. The Hall–Kier alpha value is -17.2. The van der Waals surface area contributed by atoms with Crippen LogP contribution in [0, 0.1) is 0 Å². The minimum absolute atomic E-state index is 0.895.